The third kappa shape index (κ3) is 9.81. The van der Waals surface area contributed by atoms with Crippen LogP contribution in [0.2, 0.25) is 0 Å². The first-order chi connectivity index (χ1) is 12.0. The van der Waals surface area contributed by atoms with E-state index in [0.29, 0.717) is 19.0 Å². The minimum Gasteiger partial charge on any atom is -0.369 e. The maximum atomic E-state index is 11.8. The Labute approximate surface area is 149 Å². The van der Waals surface area contributed by atoms with E-state index in [2.05, 4.69) is 29.8 Å². The molecule has 0 saturated carbocycles. The zero-order valence-electron chi connectivity index (χ0n) is 15.3. The van der Waals surface area contributed by atoms with Crippen LogP contribution in [0, 0.1) is 0 Å². The number of rotatable bonds is 12. The van der Waals surface area contributed by atoms with Crippen LogP contribution < -0.4 is 16.0 Å². The molecule has 3 N–H and O–H groups in total. The van der Waals surface area contributed by atoms with Gasteiger partial charge in [-0.05, 0) is 30.7 Å². The van der Waals surface area contributed by atoms with Crippen molar-refractivity contribution in [3.8, 4) is 0 Å². The Balaban J connectivity index is 2.11. The van der Waals surface area contributed by atoms with Crippen LogP contribution in [0.15, 0.2) is 24.3 Å². The highest BCUT2D eigenvalue weighted by atomic mass is 16.5. The van der Waals surface area contributed by atoms with Gasteiger partial charge in [0.2, 0.25) is 11.8 Å². The molecule has 0 saturated heterocycles. The minimum absolute atomic E-state index is 0.0126. The summed E-state index contributed by atoms with van der Waals surface area (Å²) in [5.74, 6) is 0.0180. The molecule has 25 heavy (non-hydrogen) atoms. The second kappa shape index (κ2) is 12.4. The van der Waals surface area contributed by atoms with E-state index in [1.807, 2.05) is 31.3 Å². The molecule has 0 fully saturated rings. The molecule has 1 aromatic carbocycles. The molecular weight excluding hydrogens is 322 g/mol. The summed E-state index contributed by atoms with van der Waals surface area (Å²) in [6.07, 6.45) is 0. The molecular formula is C18H29N3O4. The standard InChI is InChI=1S/C18H29N3O4/c1-14(2)15-5-4-6-16(11-15)21-18(23)13-25-10-9-24-12-17(22)20-8-7-19-3/h4-6,11,14,19H,7-10,12-13H2,1-3H3,(H,20,22)(H,21,23). The Bertz CT molecular complexity index is 535. The van der Waals surface area contributed by atoms with Crippen molar-refractivity contribution < 1.29 is 19.1 Å². The highest BCUT2D eigenvalue weighted by Crippen LogP contribution is 2.18. The molecule has 0 atom stereocenters. The number of ether oxygens (including phenoxy) is 2. The van der Waals surface area contributed by atoms with Crippen LogP contribution in [0.25, 0.3) is 0 Å². The van der Waals surface area contributed by atoms with Crippen LogP contribution in [0.5, 0.6) is 0 Å². The average Bonchev–Trinajstić information content (AvgIpc) is 2.58. The summed E-state index contributed by atoms with van der Waals surface area (Å²) in [5, 5.41) is 8.43. The molecule has 140 valence electrons. The molecule has 0 radical (unpaired) electrons. The van der Waals surface area contributed by atoms with Gasteiger partial charge in [-0.15, -0.1) is 0 Å². The Hall–Kier alpha value is -1.96. The second-order valence-electron chi connectivity index (χ2n) is 5.89. The molecule has 7 heteroatoms. The summed E-state index contributed by atoms with van der Waals surface area (Å²) in [5.41, 5.74) is 1.93. The van der Waals surface area contributed by atoms with Crippen LogP contribution in [0.3, 0.4) is 0 Å². The molecule has 0 spiro atoms. The Kier molecular flexibility index (Phi) is 10.5. The Morgan fingerprint density at radius 2 is 1.72 bits per heavy atom. The van der Waals surface area contributed by atoms with Crippen molar-refractivity contribution in [2.45, 2.75) is 19.8 Å². The summed E-state index contributed by atoms with van der Waals surface area (Å²) in [4.78, 5) is 23.2. The second-order valence-corrected chi connectivity index (χ2v) is 5.89. The van der Waals surface area contributed by atoms with Crippen molar-refractivity contribution in [3.63, 3.8) is 0 Å². The van der Waals surface area contributed by atoms with Gasteiger partial charge in [0.05, 0.1) is 13.2 Å². The number of carbonyl (C=O) groups excluding carboxylic acids is 2. The van der Waals surface area contributed by atoms with E-state index in [4.69, 9.17) is 9.47 Å². The Morgan fingerprint density at radius 3 is 2.36 bits per heavy atom. The number of hydrogen-bond donors (Lipinski definition) is 3. The van der Waals surface area contributed by atoms with Crippen LogP contribution in [0.1, 0.15) is 25.3 Å². The van der Waals surface area contributed by atoms with Crippen LogP contribution in [-0.2, 0) is 19.1 Å². The van der Waals surface area contributed by atoms with Crippen molar-refractivity contribution in [2.24, 2.45) is 0 Å². The van der Waals surface area contributed by atoms with Crippen molar-refractivity contribution >= 4 is 17.5 Å². The lowest BCUT2D eigenvalue weighted by Gasteiger charge is -2.10. The zero-order valence-corrected chi connectivity index (χ0v) is 15.3. The van der Waals surface area contributed by atoms with Crippen molar-refractivity contribution in [1.29, 1.82) is 0 Å². The van der Waals surface area contributed by atoms with Gasteiger partial charge >= 0.3 is 0 Å². The van der Waals surface area contributed by atoms with Crippen molar-refractivity contribution in [1.82, 2.24) is 10.6 Å². The molecule has 1 aromatic rings. The summed E-state index contributed by atoms with van der Waals surface area (Å²) >= 11 is 0. The normalized spacial score (nSPS) is 10.7. The third-order valence-corrected chi connectivity index (χ3v) is 3.37. The minimum atomic E-state index is -0.217. The fourth-order valence-corrected chi connectivity index (χ4v) is 2.00. The molecule has 0 bridgehead atoms. The maximum Gasteiger partial charge on any atom is 0.250 e. The number of likely N-dealkylation sites (N-methyl/N-ethyl adjacent to an activating group) is 1. The van der Waals surface area contributed by atoms with Crippen LogP contribution >= 0.6 is 0 Å². The molecule has 0 aliphatic rings. The van der Waals surface area contributed by atoms with Gasteiger partial charge < -0.3 is 25.4 Å². The lowest BCUT2D eigenvalue weighted by Crippen LogP contribution is -2.33. The van der Waals surface area contributed by atoms with Gasteiger partial charge in [-0.2, -0.15) is 0 Å². The zero-order chi connectivity index (χ0) is 18.5. The van der Waals surface area contributed by atoms with E-state index in [0.717, 1.165) is 5.69 Å². The van der Waals surface area contributed by atoms with E-state index < -0.39 is 0 Å². The summed E-state index contributed by atoms with van der Waals surface area (Å²) in [6, 6.07) is 7.75. The van der Waals surface area contributed by atoms with E-state index in [1.54, 1.807) is 0 Å². The lowest BCUT2D eigenvalue weighted by molar-refractivity contribution is -0.127. The number of anilines is 1. The molecule has 0 unspecified atom stereocenters. The van der Waals surface area contributed by atoms with Gasteiger partial charge in [0.1, 0.15) is 13.2 Å². The monoisotopic (exact) mass is 351 g/mol. The first-order valence-corrected chi connectivity index (χ1v) is 8.49. The molecule has 7 nitrogen and oxygen atoms in total. The van der Waals surface area contributed by atoms with E-state index >= 15 is 0 Å². The van der Waals surface area contributed by atoms with E-state index in [9.17, 15) is 9.59 Å². The Morgan fingerprint density at radius 1 is 1.04 bits per heavy atom. The fraction of sp³-hybridized carbons (Fsp3) is 0.556. The van der Waals surface area contributed by atoms with Crippen molar-refractivity contribution in [3.05, 3.63) is 29.8 Å². The lowest BCUT2D eigenvalue weighted by atomic mass is 10.0. The number of nitrogens with one attached hydrogen (secondary N) is 3. The van der Waals surface area contributed by atoms with Crippen LogP contribution in [0.4, 0.5) is 5.69 Å². The predicted molar refractivity (Wildman–Crippen MR) is 97.7 cm³/mol. The van der Waals surface area contributed by atoms with Crippen molar-refractivity contribution in [2.75, 3.05) is 51.9 Å². The third-order valence-electron chi connectivity index (χ3n) is 3.37. The van der Waals surface area contributed by atoms with E-state index in [-0.39, 0.29) is 38.2 Å². The quantitative estimate of drug-likeness (QED) is 0.491. The van der Waals surface area contributed by atoms with Gasteiger partial charge in [0.15, 0.2) is 0 Å². The van der Waals surface area contributed by atoms with Gasteiger partial charge in [-0.3, -0.25) is 9.59 Å². The number of hydrogen-bond acceptors (Lipinski definition) is 5. The molecule has 2 amide bonds. The molecule has 0 heterocycles. The molecule has 1 rings (SSSR count). The maximum absolute atomic E-state index is 11.8. The topological polar surface area (TPSA) is 88.7 Å². The number of benzene rings is 1. The van der Waals surface area contributed by atoms with E-state index in [1.165, 1.54) is 5.56 Å². The fourth-order valence-electron chi connectivity index (χ4n) is 2.00. The average molecular weight is 351 g/mol. The molecule has 0 aromatic heterocycles. The predicted octanol–water partition coefficient (Wildman–Crippen LogP) is 1.12. The SMILES string of the molecule is CNCCNC(=O)COCCOCC(=O)Nc1cccc(C(C)C)c1. The first kappa shape index (κ1) is 21.1. The molecule has 0 aliphatic carbocycles. The summed E-state index contributed by atoms with van der Waals surface area (Å²) in [6.45, 7) is 5.93. The highest BCUT2D eigenvalue weighted by Gasteiger charge is 2.05. The van der Waals surface area contributed by atoms with Gasteiger partial charge in [-0.1, -0.05) is 26.0 Å². The number of carbonyl (C=O) groups is 2. The smallest absolute Gasteiger partial charge is 0.250 e. The summed E-state index contributed by atoms with van der Waals surface area (Å²) in [7, 11) is 1.82. The molecule has 0 aliphatic heterocycles. The first-order valence-electron chi connectivity index (χ1n) is 8.49. The number of amides is 2. The largest absolute Gasteiger partial charge is 0.369 e. The van der Waals surface area contributed by atoms with Crippen LogP contribution in [-0.4, -0.2) is 58.4 Å². The van der Waals surface area contributed by atoms with Gasteiger partial charge in [0, 0.05) is 18.8 Å². The van der Waals surface area contributed by atoms with Gasteiger partial charge in [-0.25, -0.2) is 0 Å². The highest BCUT2D eigenvalue weighted by molar-refractivity contribution is 5.91. The van der Waals surface area contributed by atoms with Gasteiger partial charge in [0.25, 0.3) is 0 Å². The summed E-state index contributed by atoms with van der Waals surface area (Å²) < 4.78 is 10.4.